The van der Waals surface area contributed by atoms with Crippen molar-refractivity contribution in [3.63, 3.8) is 0 Å². The molecule has 0 radical (unpaired) electrons. The molecule has 0 aromatic heterocycles. The van der Waals surface area contributed by atoms with E-state index >= 15 is 0 Å². The largest absolute Gasteiger partial charge is 0.335 e. The SMILES string of the molecule is [2H]N1C(=O)c2ccccc2C(=O)[C@H]1C=O. The molecule has 1 amide bonds. The maximum absolute atomic E-state index is 11.7. The van der Waals surface area contributed by atoms with Crippen molar-refractivity contribution in [3.05, 3.63) is 35.4 Å². The van der Waals surface area contributed by atoms with Gasteiger partial charge in [-0.1, -0.05) is 18.2 Å². The molecule has 0 bridgehead atoms. The Labute approximate surface area is 81.4 Å². The molecular weight excluding hydrogens is 182 g/mol. The molecule has 1 aliphatic heterocycles. The van der Waals surface area contributed by atoms with Crippen molar-refractivity contribution in [1.82, 2.24) is 5.31 Å². The van der Waals surface area contributed by atoms with Gasteiger partial charge in [-0.3, -0.25) is 9.59 Å². The second kappa shape index (κ2) is 3.06. The predicted molar refractivity (Wildman–Crippen MR) is 48.1 cm³/mol. The zero-order valence-electron chi connectivity index (χ0n) is 8.14. The molecule has 1 aromatic carbocycles. The van der Waals surface area contributed by atoms with Crippen LogP contribution in [0.5, 0.6) is 0 Å². The Balaban J connectivity index is 2.62. The molecule has 0 unspecified atom stereocenters. The number of ketones is 1. The van der Waals surface area contributed by atoms with Gasteiger partial charge < -0.3 is 10.1 Å². The number of aldehydes is 1. The minimum absolute atomic E-state index is 0.176. The highest BCUT2D eigenvalue weighted by Crippen LogP contribution is 2.15. The van der Waals surface area contributed by atoms with Crippen LogP contribution in [0.25, 0.3) is 0 Å². The summed E-state index contributed by atoms with van der Waals surface area (Å²) in [4.78, 5) is 33.8. The highest BCUT2D eigenvalue weighted by atomic mass is 16.2. The lowest BCUT2D eigenvalue weighted by atomic mass is 9.95. The number of carbonyl (C=O) groups excluding carboxylic acids is 3. The van der Waals surface area contributed by atoms with E-state index in [0.717, 1.165) is 0 Å². The average molecular weight is 190 g/mol. The zero-order valence-corrected chi connectivity index (χ0v) is 7.14. The van der Waals surface area contributed by atoms with E-state index in [-0.39, 0.29) is 11.1 Å². The van der Waals surface area contributed by atoms with Gasteiger partial charge in [0.2, 0.25) is 0 Å². The molecule has 0 spiro atoms. The number of hydrogen-bond donors (Lipinski definition) is 1. The van der Waals surface area contributed by atoms with Gasteiger partial charge in [0.1, 0.15) is 12.3 Å². The molecule has 4 heteroatoms. The summed E-state index contributed by atoms with van der Waals surface area (Å²) in [5.41, 5.74) is 0.388. The summed E-state index contributed by atoms with van der Waals surface area (Å²) in [6, 6.07) is 4.87. The first-order valence-corrected chi connectivity index (χ1v) is 4.08. The quantitative estimate of drug-likeness (QED) is 0.507. The molecule has 1 aliphatic rings. The van der Waals surface area contributed by atoms with Crippen LogP contribution in [0.15, 0.2) is 24.3 Å². The van der Waals surface area contributed by atoms with Gasteiger partial charge in [0.05, 0.1) is 5.56 Å². The van der Waals surface area contributed by atoms with Gasteiger partial charge in [0.25, 0.3) is 5.91 Å². The van der Waals surface area contributed by atoms with E-state index in [0.29, 0.717) is 11.6 Å². The normalized spacial score (nSPS) is 21.6. The van der Waals surface area contributed by atoms with Gasteiger partial charge in [-0.05, 0) is 6.07 Å². The first-order valence-electron chi connectivity index (χ1n) is 4.52. The van der Waals surface area contributed by atoms with Crippen molar-refractivity contribution >= 4 is 18.0 Å². The molecule has 0 saturated carbocycles. The van der Waals surface area contributed by atoms with E-state index in [1.807, 2.05) is 0 Å². The topological polar surface area (TPSA) is 63.2 Å². The van der Waals surface area contributed by atoms with E-state index in [1.54, 1.807) is 12.1 Å². The molecular formula is C10H7NO3. The van der Waals surface area contributed by atoms with Gasteiger partial charge in [-0.25, -0.2) is 0 Å². The summed E-state index contributed by atoms with van der Waals surface area (Å²) in [6.45, 7) is 0. The standard InChI is InChI=1S/C10H7NO3/c12-5-8-9(13)6-3-1-2-4-7(6)10(14)11-8/h1-5,8H,(H,11,14)/t8-/m1/s1/i/hD. The summed E-state index contributed by atoms with van der Waals surface area (Å²) >= 11 is 0. The second-order valence-corrected chi connectivity index (χ2v) is 2.93. The van der Waals surface area contributed by atoms with Crippen molar-refractivity contribution < 1.29 is 15.8 Å². The summed E-state index contributed by atoms with van der Waals surface area (Å²) < 4.78 is 7.33. The van der Waals surface area contributed by atoms with E-state index < -0.39 is 17.7 Å². The minimum atomic E-state index is -1.31. The summed E-state index contributed by atoms with van der Waals surface area (Å²) in [5, 5.41) is 0.414. The number of fused-ring (bicyclic) bond motifs is 1. The maximum Gasteiger partial charge on any atom is 0.252 e. The third kappa shape index (κ3) is 1.12. The number of nitrogens with one attached hydrogen (secondary N) is 1. The van der Waals surface area contributed by atoms with E-state index in [4.69, 9.17) is 1.41 Å². The molecule has 1 atom stereocenters. The van der Waals surface area contributed by atoms with E-state index in [9.17, 15) is 14.4 Å². The average Bonchev–Trinajstić information content (AvgIpc) is 2.27. The van der Waals surface area contributed by atoms with E-state index in [2.05, 4.69) is 0 Å². The van der Waals surface area contributed by atoms with Crippen molar-refractivity contribution in [1.29, 1.82) is 0 Å². The first-order chi connectivity index (χ1) is 7.16. The molecule has 0 saturated heterocycles. The monoisotopic (exact) mass is 190 g/mol. The lowest BCUT2D eigenvalue weighted by Gasteiger charge is -2.19. The molecule has 2 rings (SSSR count). The van der Waals surface area contributed by atoms with Gasteiger partial charge in [0, 0.05) is 5.56 Å². The van der Waals surface area contributed by atoms with E-state index in [1.165, 1.54) is 12.1 Å². The molecule has 1 heterocycles. The summed E-state index contributed by atoms with van der Waals surface area (Å²) in [6.07, 6.45) is 0.309. The van der Waals surface area contributed by atoms with Gasteiger partial charge >= 0.3 is 0 Å². The number of rotatable bonds is 1. The Kier molecular flexibility index (Phi) is 1.63. The van der Waals surface area contributed by atoms with Crippen LogP contribution in [0.2, 0.25) is 1.41 Å². The van der Waals surface area contributed by atoms with Gasteiger partial charge in [0.15, 0.2) is 7.20 Å². The first kappa shape index (κ1) is 7.44. The van der Waals surface area contributed by atoms with Crippen LogP contribution in [0.3, 0.4) is 0 Å². The fourth-order valence-electron chi connectivity index (χ4n) is 1.39. The van der Waals surface area contributed by atoms with Crippen LogP contribution in [0.1, 0.15) is 20.7 Å². The summed E-state index contributed by atoms with van der Waals surface area (Å²) in [7, 11) is 0. The van der Waals surface area contributed by atoms with Crippen LogP contribution in [0, 0.1) is 0 Å². The fourth-order valence-corrected chi connectivity index (χ4v) is 1.39. The Morgan fingerprint density at radius 3 is 2.57 bits per heavy atom. The smallest absolute Gasteiger partial charge is 0.252 e. The fraction of sp³-hybridized carbons (Fsp3) is 0.100. The highest BCUT2D eigenvalue weighted by Gasteiger charge is 2.30. The number of Topliss-reactive ketones (excluding diaryl/α,β-unsaturated/α-hetero) is 1. The number of benzene rings is 1. The Morgan fingerprint density at radius 2 is 1.93 bits per heavy atom. The Bertz CT molecular complexity index is 458. The van der Waals surface area contributed by atoms with Crippen molar-refractivity contribution in [2.24, 2.45) is 0 Å². The maximum atomic E-state index is 11.7. The third-order valence-electron chi connectivity index (χ3n) is 2.08. The van der Waals surface area contributed by atoms with Gasteiger partial charge in [-0.15, -0.1) is 0 Å². The Hall–Kier alpha value is -1.97. The van der Waals surface area contributed by atoms with Crippen LogP contribution < -0.4 is 5.31 Å². The lowest BCUT2D eigenvalue weighted by Crippen LogP contribution is -2.47. The zero-order chi connectivity index (χ0) is 11.0. The van der Waals surface area contributed by atoms with Crippen LogP contribution in [-0.4, -0.2) is 24.0 Å². The third-order valence-corrected chi connectivity index (χ3v) is 2.08. The van der Waals surface area contributed by atoms with Crippen molar-refractivity contribution in [2.45, 2.75) is 6.04 Å². The number of carbonyl (C=O) groups is 3. The molecule has 1 N–H and O–H groups in total. The second-order valence-electron chi connectivity index (χ2n) is 2.93. The number of hydrogen-bond acceptors (Lipinski definition) is 3. The molecule has 14 heavy (non-hydrogen) atoms. The van der Waals surface area contributed by atoms with Crippen molar-refractivity contribution in [3.8, 4) is 0 Å². The Morgan fingerprint density at radius 1 is 1.29 bits per heavy atom. The van der Waals surface area contributed by atoms with Crippen LogP contribution >= 0.6 is 0 Å². The highest BCUT2D eigenvalue weighted by molar-refractivity contribution is 6.20. The molecule has 70 valence electrons. The lowest BCUT2D eigenvalue weighted by molar-refractivity contribution is -0.108. The minimum Gasteiger partial charge on any atom is -0.335 e. The molecule has 0 aliphatic carbocycles. The van der Waals surface area contributed by atoms with Crippen molar-refractivity contribution in [2.75, 3.05) is 0 Å². The predicted octanol–water partition coefficient (Wildman–Crippen LogP) is 0.180. The molecule has 0 fully saturated rings. The molecule has 4 nitrogen and oxygen atoms in total. The van der Waals surface area contributed by atoms with Crippen LogP contribution in [0.4, 0.5) is 0 Å². The van der Waals surface area contributed by atoms with Gasteiger partial charge in [-0.2, -0.15) is 0 Å². The molecule has 1 aromatic rings. The summed E-state index contributed by atoms with van der Waals surface area (Å²) in [5.74, 6) is -1.13. The van der Waals surface area contributed by atoms with Crippen LogP contribution in [-0.2, 0) is 4.79 Å². The number of amides is 1.